The number of nitrogens with zero attached hydrogens (tertiary/aromatic N) is 3. The van der Waals surface area contributed by atoms with Crippen molar-refractivity contribution in [1.29, 1.82) is 0 Å². The number of rotatable bonds is 11. The van der Waals surface area contributed by atoms with E-state index in [2.05, 4.69) is 47.2 Å². The number of fused-ring (bicyclic) bond motifs is 1. The van der Waals surface area contributed by atoms with Crippen LogP contribution in [-0.4, -0.2) is 71.6 Å². The van der Waals surface area contributed by atoms with Gasteiger partial charge >= 0.3 is 5.97 Å². The molecule has 5 rings (SSSR count). The Morgan fingerprint density at radius 1 is 1.06 bits per heavy atom. The molecule has 1 fully saturated rings. The van der Waals surface area contributed by atoms with Crippen LogP contribution in [-0.2, 0) is 42.0 Å². The average Bonchev–Trinajstić information content (AvgIpc) is 3.01. The fourth-order valence-corrected chi connectivity index (χ4v) is 6.62. The Morgan fingerprint density at radius 2 is 1.76 bits per heavy atom. The Hall–Kier alpha value is -3.37. The van der Waals surface area contributed by atoms with Crippen molar-refractivity contribution in [2.75, 3.05) is 44.8 Å². The van der Waals surface area contributed by atoms with E-state index in [1.165, 1.54) is 11.1 Å². The van der Waals surface area contributed by atoms with Crippen LogP contribution in [0.4, 0.5) is 10.1 Å². The number of halogens is 1. The molecule has 1 aromatic heterocycles. The van der Waals surface area contributed by atoms with E-state index >= 15 is 0 Å². The average molecular weight is 677 g/mol. The molecule has 0 spiro atoms. The van der Waals surface area contributed by atoms with Gasteiger partial charge in [0.25, 0.3) is 0 Å². The highest BCUT2D eigenvalue weighted by atomic mass is 19.1. The van der Waals surface area contributed by atoms with E-state index in [4.69, 9.17) is 14.8 Å². The van der Waals surface area contributed by atoms with Crippen LogP contribution in [0.3, 0.4) is 0 Å². The van der Waals surface area contributed by atoms with Crippen LogP contribution < -0.4 is 10.2 Å². The Labute approximate surface area is 292 Å². The van der Waals surface area contributed by atoms with Crippen LogP contribution in [0.5, 0.6) is 0 Å². The Balaban J connectivity index is 0.00000101. The molecule has 0 aliphatic carbocycles. The lowest BCUT2D eigenvalue weighted by Gasteiger charge is -2.40. The molecule has 3 N–H and O–H groups in total. The summed E-state index contributed by atoms with van der Waals surface area (Å²) in [6.45, 7) is 20.0. The largest absolute Gasteiger partial charge is 0.481 e. The van der Waals surface area contributed by atoms with E-state index in [1.54, 1.807) is 40.0 Å². The molecule has 0 bridgehead atoms. The van der Waals surface area contributed by atoms with Gasteiger partial charge in [-0.15, -0.1) is 0 Å². The van der Waals surface area contributed by atoms with E-state index in [1.807, 2.05) is 19.9 Å². The molecule has 2 aromatic carbocycles. The van der Waals surface area contributed by atoms with Gasteiger partial charge in [-0.2, -0.15) is 0 Å². The lowest BCUT2D eigenvalue weighted by Crippen LogP contribution is -2.38. The summed E-state index contributed by atoms with van der Waals surface area (Å²) in [6, 6.07) is 11.8. The highest BCUT2D eigenvalue weighted by Gasteiger charge is 2.31. The van der Waals surface area contributed by atoms with Crippen LogP contribution in [0.15, 0.2) is 36.4 Å². The SMILES string of the molecule is CC(C)(C)O.COCCNCc1nc(C)c(CC(=O)O)c(N2CCC(C)(C)CC2)c1-c1ccc2c(c1)CCN(Cc1ccc(F)cc1C)C2. The van der Waals surface area contributed by atoms with Crippen molar-refractivity contribution in [3.05, 3.63) is 81.4 Å². The smallest absolute Gasteiger partial charge is 0.307 e. The molecular formula is C40H57FN4O4. The van der Waals surface area contributed by atoms with Crippen molar-refractivity contribution in [3.63, 3.8) is 0 Å². The second-order valence-corrected chi connectivity index (χ2v) is 15.4. The third-order valence-electron chi connectivity index (χ3n) is 9.37. The fraction of sp³-hybridized carbons (Fsp3) is 0.550. The number of aliphatic carboxylic acids is 1. The number of benzene rings is 2. The molecule has 0 amide bonds. The van der Waals surface area contributed by atoms with Crippen molar-refractivity contribution in [3.8, 4) is 11.1 Å². The van der Waals surface area contributed by atoms with E-state index in [9.17, 15) is 14.3 Å². The topological polar surface area (TPSA) is 98.2 Å². The number of hydrogen-bond donors (Lipinski definition) is 3. The van der Waals surface area contributed by atoms with Gasteiger partial charge in [0.15, 0.2) is 0 Å². The summed E-state index contributed by atoms with van der Waals surface area (Å²) in [5.74, 6) is -1.03. The molecule has 2 aliphatic heterocycles. The predicted molar refractivity (Wildman–Crippen MR) is 195 cm³/mol. The number of pyridine rings is 1. The Bertz CT molecular complexity index is 1580. The molecule has 0 radical (unpaired) electrons. The predicted octanol–water partition coefficient (Wildman–Crippen LogP) is 6.83. The number of piperidine rings is 1. The van der Waals surface area contributed by atoms with Gasteiger partial charge in [-0.3, -0.25) is 14.7 Å². The Kier molecular flexibility index (Phi) is 13.0. The molecule has 9 heteroatoms. The molecule has 3 heterocycles. The van der Waals surface area contributed by atoms with Crippen LogP contribution in [0.1, 0.15) is 86.7 Å². The van der Waals surface area contributed by atoms with Gasteiger partial charge in [-0.05, 0) is 99.2 Å². The van der Waals surface area contributed by atoms with Gasteiger partial charge in [-0.25, -0.2) is 4.39 Å². The molecule has 0 atom stereocenters. The summed E-state index contributed by atoms with van der Waals surface area (Å²) < 4.78 is 18.9. The van der Waals surface area contributed by atoms with Crippen molar-refractivity contribution in [1.82, 2.24) is 15.2 Å². The first-order valence-corrected chi connectivity index (χ1v) is 17.6. The number of anilines is 1. The first kappa shape index (κ1) is 38.4. The maximum absolute atomic E-state index is 13.7. The molecule has 3 aromatic rings. The normalized spacial score (nSPS) is 16.2. The van der Waals surface area contributed by atoms with Crippen LogP contribution in [0, 0.1) is 25.1 Å². The van der Waals surface area contributed by atoms with E-state index in [0.717, 1.165) is 96.9 Å². The third-order valence-corrected chi connectivity index (χ3v) is 9.37. The number of carboxylic acids is 1. The van der Waals surface area contributed by atoms with Crippen molar-refractivity contribution >= 4 is 11.7 Å². The quantitative estimate of drug-likeness (QED) is 0.190. The zero-order valence-corrected chi connectivity index (χ0v) is 30.9. The number of aryl methyl sites for hydroxylation is 2. The first-order valence-electron chi connectivity index (χ1n) is 17.6. The number of aliphatic hydroxyl groups is 1. The second kappa shape index (κ2) is 16.6. The number of methoxy groups -OCH3 is 1. The fourth-order valence-electron chi connectivity index (χ4n) is 6.62. The minimum atomic E-state index is -0.840. The highest BCUT2D eigenvalue weighted by Crippen LogP contribution is 2.42. The molecule has 1 saturated heterocycles. The van der Waals surface area contributed by atoms with E-state index in [0.29, 0.717) is 19.7 Å². The zero-order valence-electron chi connectivity index (χ0n) is 30.9. The lowest BCUT2D eigenvalue weighted by molar-refractivity contribution is -0.136. The van der Waals surface area contributed by atoms with Crippen LogP contribution in [0.25, 0.3) is 11.1 Å². The molecule has 0 unspecified atom stereocenters. The molecule has 268 valence electrons. The van der Waals surface area contributed by atoms with Crippen molar-refractivity contribution in [2.24, 2.45) is 5.41 Å². The van der Waals surface area contributed by atoms with Gasteiger partial charge in [0.05, 0.1) is 30.0 Å². The monoisotopic (exact) mass is 676 g/mol. The minimum absolute atomic E-state index is 0.0544. The molecule has 0 saturated carbocycles. The maximum Gasteiger partial charge on any atom is 0.307 e. The molecule has 2 aliphatic rings. The molecule has 8 nitrogen and oxygen atoms in total. The van der Waals surface area contributed by atoms with Gasteiger partial charge in [0.1, 0.15) is 5.82 Å². The summed E-state index contributed by atoms with van der Waals surface area (Å²) in [5, 5.41) is 22.0. The summed E-state index contributed by atoms with van der Waals surface area (Å²) in [7, 11) is 1.70. The number of nitrogens with one attached hydrogen (secondary N) is 1. The number of carboxylic acid groups (broad SMARTS) is 1. The van der Waals surface area contributed by atoms with Crippen molar-refractivity contribution in [2.45, 2.75) is 99.4 Å². The second-order valence-electron chi connectivity index (χ2n) is 15.4. The highest BCUT2D eigenvalue weighted by molar-refractivity contribution is 5.87. The summed E-state index contributed by atoms with van der Waals surface area (Å²) >= 11 is 0. The van der Waals surface area contributed by atoms with E-state index in [-0.39, 0.29) is 17.7 Å². The standard InChI is InChI=1S/C36H47FN4O3.C4H10O/c1-24-18-30(37)9-8-28(24)22-40-14-10-26-19-27(6-7-29(26)23-40)34-32(21-38-13-17-44-5)39-25(2)31(20-33(42)43)35(34)41-15-11-36(3,4)12-16-41;1-4(2,3)5/h6-9,18-19,38H,10-17,20-23H2,1-5H3,(H,42,43);5H,1-3H3. The number of carbonyl (C=O) groups is 1. The van der Waals surface area contributed by atoms with Gasteiger partial charge in [0.2, 0.25) is 0 Å². The van der Waals surface area contributed by atoms with Gasteiger partial charge in [-0.1, -0.05) is 38.1 Å². The number of ether oxygens (including phenoxy) is 1. The lowest BCUT2D eigenvalue weighted by atomic mass is 9.81. The minimum Gasteiger partial charge on any atom is -0.481 e. The van der Waals surface area contributed by atoms with Gasteiger partial charge < -0.3 is 25.2 Å². The van der Waals surface area contributed by atoms with Crippen LogP contribution >= 0.6 is 0 Å². The Morgan fingerprint density at radius 3 is 2.39 bits per heavy atom. The maximum atomic E-state index is 13.7. The summed E-state index contributed by atoms with van der Waals surface area (Å²) in [4.78, 5) is 22.0. The summed E-state index contributed by atoms with van der Waals surface area (Å²) in [5.41, 5.74) is 10.2. The van der Waals surface area contributed by atoms with E-state index < -0.39 is 11.6 Å². The van der Waals surface area contributed by atoms with Crippen LogP contribution in [0.2, 0.25) is 0 Å². The number of aromatic nitrogens is 1. The first-order chi connectivity index (χ1) is 23.0. The summed E-state index contributed by atoms with van der Waals surface area (Å²) in [6.07, 6.45) is 2.96. The van der Waals surface area contributed by atoms with Gasteiger partial charge in [0, 0.05) is 69.7 Å². The molecular weight excluding hydrogens is 619 g/mol. The zero-order chi connectivity index (χ0) is 35.9. The van der Waals surface area contributed by atoms with Crippen molar-refractivity contribution < 1.29 is 24.1 Å². The number of hydrogen-bond acceptors (Lipinski definition) is 7. The third kappa shape index (κ3) is 11.1. The molecule has 49 heavy (non-hydrogen) atoms.